The van der Waals surface area contributed by atoms with Gasteiger partial charge >= 0.3 is 0 Å². The normalized spacial score (nSPS) is 10.4. The second kappa shape index (κ2) is 4.27. The van der Waals surface area contributed by atoms with Gasteiger partial charge in [-0.2, -0.15) is 0 Å². The number of aromatic nitrogens is 3. The number of H-pyrrole nitrogens is 1. The van der Waals surface area contributed by atoms with Gasteiger partial charge in [-0.05, 0) is 24.2 Å². The highest BCUT2D eigenvalue weighted by atomic mass is 32.1. The molecule has 0 unspecified atom stereocenters. The van der Waals surface area contributed by atoms with E-state index in [-0.39, 0.29) is 0 Å². The van der Waals surface area contributed by atoms with E-state index in [0.717, 1.165) is 13.0 Å². The summed E-state index contributed by atoms with van der Waals surface area (Å²) in [5.41, 5.74) is 6.92. The van der Waals surface area contributed by atoms with Crippen LogP contribution in [0, 0.1) is 4.77 Å². The highest BCUT2D eigenvalue weighted by Gasteiger charge is 2.01. The molecule has 3 N–H and O–H groups in total. The fourth-order valence-electron chi connectivity index (χ4n) is 1.43. The van der Waals surface area contributed by atoms with Crippen LogP contribution >= 0.6 is 12.2 Å². The molecule has 1 aromatic heterocycles. The van der Waals surface area contributed by atoms with Crippen LogP contribution in [0.5, 0.6) is 0 Å². The molecule has 0 aliphatic carbocycles. The molecule has 0 saturated heterocycles. The molecule has 0 bridgehead atoms. The molecule has 0 atom stereocenters. The van der Waals surface area contributed by atoms with Crippen LogP contribution in [-0.2, 0) is 13.0 Å². The van der Waals surface area contributed by atoms with Gasteiger partial charge in [-0.3, -0.25) is 4.57 Å². The van der Waals surface area contributed by atoms with Crippen LogP contribution in [-0.4, -0.2) is 14.8 Å². The van der Waals surface area contributed by atoms with Crippen LogP contribution < -0.4 is 5.73 Å². The van der Waals surface area contributed by atoms with Gasteiger partial charge in [0.15, 0.2) is 4.77 Å². The zero-order valence-electron chi connectivity index (χ0n) is 8.18. The van der Waals surface area contributed by atoms with Crippen molar-refractivity contribution in [2.24, 2.45) is 0 Å². The summed E-state index contributed by atoms with van der Waals surface area (Å²) in [5, 5.41) is 6.52. The number of hydrogen-bond acceptors (Lipinski definition) is 3. The molecule has 0 aliphatic rings. The summed E-state index contributed by atoms with van der Waals surface area (Å²) in [6.07, 6.45) is 0.902. The highest BCUT2D eigenvalue weighted by Crippen LogP contribution is 2.04. The molecule has 2 aromatic rings. The van der Waals surface area contributed by atoms with E-state index >= 15 is 0 Å². The third kappa shape index (κ3) is 2.24. The van der Waals surface area contributed by atoms with E-state index in [2.05, 4.69) is 22.3 Å². The van der Waals surface area contributed by atoms with Gasteiger partial charge in [0.25, 0.3) is 0 Å². The van der Waals surface area contributed by atoms with Gasteiger partial charge in [-0.15, -0.1) is 5.10 Å². The molecule has 5 heteroatoms. The Labute approximate surface area is 92.7 Å². The van der Waals surface area contributed by atoms with Gasteiger partial charge in [0.1, 0.15) is 0 Å². The zero-order chi connectivity index (χ0) is 10.7. The van der Waals surface area contributed by atoms with E-state index in [4.69, 9.17) is 18.0 Å². The Morgan fingerprint density at radius 3 is 2.67 bits per heavy atom. The van der Waals surface area contributed by atoms with Crippen LogP contribution in [0.3, 0.4) is 0 Å². The molecule has 0 spiro atoms. The predicted octanol–water partition coefficient (Wildman–Crippen LogP) is 1.77. The van der Waals surface area contributed by atoms with Gasteiger partial charge in [0, 0.05) is 6.54 Å². The van der Waals surface area contributed by atoms with E-state index < -0.39 is 0 Å². The van der Waals surface area contributed by atoms with Crippen molar-refractivity contribution in [2.75, 3.05) is 5.73 Å². The molecule has 4 nitrogen and oxygen atoms in total. The maximum atomic E-state index is 5.66. The summed E-state index contributed by atoms with van der Waals surface area (Å²) in [4.78, 5) is 0. The second-order valence-corrected chi connectivity index (χ2v) is 3.66. The Morgan fingerprint density at radius 2 is 2.07 bits per heavy atom. The summed E-state index contributed by atoms with van der Waals surface area (Å²) in [6, 6.07) is 10.2. The van der Waals surface area contributed by atoms with Gasteiger partial charge in [0.05, 0.1) is 0 Å². The Balaban J connectivity index is 2.09. The lowest BCUT2D eigenvalue weighted by Gasteiger charge is -2.03. The second-order valence-electron chi connectivity index (χ2n) is 3.27. The number of nitrogens with two attached hydrogens (primary N) is 1. The molecular weight excluding hydrogens is 208 g/mol. The summed E-state index contributed by atoms with van der Waals surface area (Å²) in [7, 11) is 0. The number of nitrogens with one attached hydrogen (secondary N) is 1. The van der Waals surface area contributed by atoms with Crippen molar-refractivity contribution >= 4 is 18.2 Å². The van der Waals surface area contributed by atoms with E-state index in [1.54, 1.807) is 4.57 Å². The SMILES string of the molecule is Nc1n[nH]c(=S)n1CCc1ccccc1. The van der Waals surface area contributed by atoms with Crippen molar-refractivity contribution < 1.29 is 0 Å². The monoisotopic (exact) mass is 220 g/mol. The molecule has 1 heterocycles. The van der Waals surface area contributed by atoms with Gasteiger partial charge in [-0.1, -0.05) is 30.3 Å². The number of aromatic amines is 1. The largest absolute Gasteiger partial charge is 0.368 e. The van der Waals surface area contributed by atoms with Crippen LogP contribution in [0.15, 0.2) is 30.3 Å². The minimum atomic E-state index is 0.441. The number of rotatable bonds is 3. The van der Waals surface area contributed by atoms with Crippen LogP contribution in [0.2, 0.25) is 0 Å². The molecule has 2 rings (SSSR count). The van der Waals surface area contributed by atoms with Gasteiger partial charge in [-0.25, -0.2) is 5.10 Å². The third-order valence-electron chi connectivity index (χ3n) is 2.25. The van der Waals surface area contributed by atoms with Gasteiger partial charge in [0.2, 0.25) is 5.95 Å². The Hall–Kier alpha value is -1.62. The summed E-state index contributed by atoms with van der Waals surface area (Å²) < 4.78 is 2.37. The first-order valence-corrected chi connectivity index (χ1v) is 5.13. The van der Waals surface area contributed by atoms with Crippen LogP contribution in [0.1, 0.15) is 5.56 Å². The molecule has 0 saturated carbocycles. The van der Waals surface area contributed by atoms with Crippen molar-refractivity contribution in [1.82, 2.24) is 14.8 Å². The van der Waals surface area contributed by atoms with Crippen molar-refractivity contribution in [3.05, 3.63) is 40.7 Å². The summed E-state index contributed by atoms with van der Waals surface area (Å²) >= 11 is 5.05. The number of aryl methyl sites for hydroxylation is 1. The Morgan fingerprint density at radius 1 is 1.33 bits per heavy atom. The first-order valence-electron chi connectivity index (χ1n) is 4.72. The maximum absolute atomic E-state index is 5.66. The lowest BCUT2D eigenvalue weighted by Crippen LogP contribution is -2.05. The number of anilines is 1. The maximum Gasteiger partial charge on any atom is 0.220 e. The molecule has 0 fully saturated rings. The zero-order valence-corrected chi connectivity index (χ0v) is 9.00. The number of hydrogen-bond donors (Lipinski definition) is 2. The third-order valence-corrected chi connectivity index (χ3v) is 2.57. The fraction of sp³-hybridized carbons (Fsp3) is 0.200. The molecule has 78 valence electrons. The number of nitrogens with zero attached hydrogens (tertiary/aromatic N) is 2. The minimum absolute atomic E-state index is 0.441. The lowest BCUT2D eigenvalue weighted by molar-refractivity contribution is 0.694. The van der Waals surface area contributed by atoms with Crippen LogP contribution in [0.4, 0.5) is 5.95 Å². The quantitative estimate of drug-likeness (QED) is 0.775. The lowest BCUT2D eigenvalue weighted by atomic mass is 10.1. The van der Waals surface area contributed by atoms with Gasteiger partial charge < -0.3 is 5.73 Å². The molecule has 0 radical (unpaired) electrons. The number of benzene rings is 1. The van der Waals surface area contributed by atoms with Crippen molar-refractivity contribution in [3.8, 4) is 0 Å². The fourth-order valence-corrected chi connectivity index (χ4v) is 1.66. The Bertz CT molecular complexity index is 486. The van der Waals surface area contributed by atoms with Crippen LogP contribution in [0.25, 0.3) is 0 Å². The number of nitrogen functional groups attached to an aromatic ring is 1. The molecular formula is C10H12N4S. The van der Waals surface area contributed by atoms with Crippen molar-refractivity contribution in [2.45, 2.75) is 13.0 Å². The average Bonchev–Trinajstić information content (AvgIpc) is 2.58. The standard InChI is InChI=1S/C10H12N4S/c11-9-12-13-10(15)14(9)7-6-8-4-2-1-3-5-8/h1-5H,6-7H2,(H2,11,12)(H,13,15). The minimum Gasteiger partial charge on any atom is -0.368 e. The highest BCUT2D eigenvalue weighted by molar-refractivity contribution is 7.71. The summed E-state index contributed by atoms with van der Waals surface area (Å²) in [6.45, 7) is 0.755. The summed E-state index contributed by atoms with van der Waals surface area (Å²) in [5.74, 6) is 0.441. The average molecular weight is 220 g/mol. The molecule has 0 amide bonds. The van der Waals surface area contributed by atoms with E-state index in [9.17, 15) is 0 Å². The topological polar surface area (TPSA) is 59.6 Å². The molecule has 0 aliphatic heterocycles. The van der Waals surface area contributed by atoms with E-state index in [1.165, 1.54) is 5.56 Å². The smallest absolute Gasteiger partial charge is 0.220 e. The Kier molecular flexibility index (Phi) is 2.82. The van der Waals surface area contributed by atoms with E-state index in [0.29, 0.717) is 10.7 Å². The van der Waals surface area contributed by atoms with Crippen molar-refractivity contribution in [1.29, 1.82) is 0 Å². The molecule has 1 aromatic carbocycles. The first-order chi connectivity index (χ1) is 7.27. The molecule has 15 heavy (non-hydrogen) atoms. The van der Waals surface area contributed by atoms with Crippen molar-refractivity contribution in [3.63, 3.8) is 0 Å². The first kappa shape index (κ1) is 9.92. The van der Waals surface area contributed by atoms with E-state index in [1.807, 2.05) is 18.2 Å². The predicted molar refractivity (Wildman–Crippen MR) is 62.0 cm³/mol.